The maximum Gasteiger partial charge on any atom is 0.409 e. The Bertz CT molecular complexity index is 527. The average molecular weight is 348 g/mol. The molecule has 0 radical (unpaired) electrons. The highest BCUT2D eigenvalue weighted by Gasteiger charge is 2.24. The third kappa shape index (κ3) is 7.03. The van der Waals surface area contributed by atoms with Crippen LogP contribution < -0.4 is 10.1 Å². The molecule has 0 bridgehead atoms. The number of rotatable bonds is 8. The monoisotopic (exact) mass is 348 g/mol. The van der Waals surface area contributed by atoms with Gasteiger partial charge in [0.2, 0.25) is 5.91 Å². The summed E-state index contributed by atoms with van der Waals surface area (Å²) in [6.45, 7) is 4.14. The third-order valence-corrected chi connectivity index (χ3v) is 4.18. The first-order valence-corrected chi connectivity index (χ1v) is 9.08. The molecule has 1 aliphatic rings. The molecule has 0 aromatic heterocycles. The molecule has 25 heavy (non-hydrogen) atoms. The molecule has 0 saturated carbocycles. The second kappa shape index (κ2) is 10.6. The van der Waals surface area contributed by atoms with Crippen LogP contribution in [0.5, 0.6) is 5.75 Å². The second-order valence-electron chi connectivity index (χ2n) is 6.21. The van der Waals surface area contributed by atoms with Crippen molar-refractivity contribution >= 4 is 12.0 Å². The number of hydrogen-bond donors (Lipinski definition) is 1. The molecule has 1 aromatic rings. The van der Waals surface area contributed by atoms with Crippen molar-refractivity contribution in [2.45, 2.75) is 45.1 Å². The largest absolute Gasteiger partial charge is 0.493 e. The predicted molar refractivity (Wildman–Crippen MR) is 95.5 cm³/mol. The zero-order chi connectivity index (χ0) is 17.9. The molecule has 2 amide bonds. The highest BCUT2D eigenvalue weighted by atomic mass is 16.6. The summed E-state index contributed by atoms with van der Waals surface area (Å²) in [5, 5.41) is 3.02. The van der Waals surface area contributed by atoms with E-state index in [0.717, 1.165) is 31.4 Å². The van der Waals surface area contributed by atoms with Crippen molar-refractivity contribution < 1.29 is 19.1 Å². The molecule has 6 heteroatoms. The summed E-state index contributed by atoms with van der Waals surface area (Å²) < 4.78 is 10.7. The van der Waals surface area contributed by atoms with Gasteiger partial charge < -0.3 is 19.7 Å². The Morgan fingerprint density at radius 3 is 2.56 bits per heavy atom. The van der Waals surface area contributed by atoms with E-state index in [-0.39, 0.29) is 18.0 Å². The fourth-order valence-corrected chi connectivity index (χ4v) is 2.68. The summed E-state index contributed by atoms with van der Waals surface area (Å²) in [5.74, 6) is 0.755. The van der Waals surface area contributed by atoms with E-state index in [9.17, 15) is 9.59 Å². The first-order valence-electron chi connectivity index (χ1n) is 9.08. The van der Waals surface area contributed by atoms with Gasteiger partial charge in [0.15, 0.2) is 0 Å². The zero-order valence-electron chi connectivity index (χ0n) is 14.9. The van der Waals surface area contributed by atoms with Crippen LogP contribution in [0.15, 0.2) is 30.3 Å². The fourth-order valence-electron chi connectivity index (χ4n) is 2.68. The zero-order valence-corrected chi connectivity index (χ0v) is 14.9. The van der Waals surface area contributed by atoms with Gasteiger partial charge >= 0.3 is 6.09 Å². The minimum atomic E-state index is -0.241. The molecule has 1 saturated heterocycles. The summed E-state index contributed by atoms with van der Waals surface area (Å²) in [5.41, 5.74) is 0. The van der Waals surface area contributed by atoms with Crippen LogP contribution in [0, 0.1) is 0 Å². The number of carbonyl (C=O) groups is 2. The number of amides is 2. The van der Waals surface area contributed by atoms with Gasteiger partial charge in [-0.05, 0) is 31.4 Å². The lowest BCUT2D eigenvalue weighted by Gasteiger charge is -2.31. The topological polar surface area (TPSA) is 67.9 Å². The van der Waals surface area contributed by atoms with E-state index in [0.29, 0.717) is 32.7 Å². The van der Waals surface area contributed by atoms with Gasteiger partial charge in [-0.25, -0.2) is 4.79 Å². The van der Waals surface area contributed by atoms with E-state index >= 15 is 0 Å². The summed E-state index contributed by atoms with van der Waals surface area (Å²) in [7, 11) is 0. The summed E-state index contributed by atoms with van der Waals surface area (Å²) in [4.78, 5) is 25.6. The molecule has 6 nitrogen and oxygen atoms in total. The molecule has 0 unspecified atom stereocenters. The molecule has 1 aliphatic heterocycles. The third-order valence-electron chi connectivity index (χ3n) is 4.18. The molecule has 2 rings (SSSR count). The quantitative estimate of drug-likeness (QED) is 0.734. The second-order valence-corrected chi connectivity index (χ2v) is 6.21. The first-order chi connectivity index (χ1) is 12.2. The van der Waals surface area contributed by atoms with Crippen molar-refractivity contribution in [1.82, 2.24) is 10.2 Å². The number of nitrogens with zero attached hydrogens (tertiary/aromatic N) is 1. The Morgan fingerprint density at radius 2 is 1.88 bits per heavy atom. The van der Waals surface area contributed by atoms with E-state index in [1.54, 1.807) is 4.90 Å². The van der Waals surface area contributed by atoms with Crippen molar-refractivity contribution in [2.75, 3.05) is 26.3 Å². The van der Waals surface area contributed by atoms with Gasteiger partial charge in [-0.2, -0.15) is 0 Å². The number of benzene rings is 1. The number of nitrogens with one attached hydrogen (secondary N) is 1. The van der Waals surface area contributed by atoms with Crippen LogP contribution in [0.1, 0.15) is 39.0 Å². The number of likely N-dealkylation sites (tertiary alicyclic amines) is 1. The van der Waals surface area contributed by atoms with Gasteiger partial charge in [0.05, 0.1) is 19.6 Å². The Kier molecular flexibility index (Phi) is 8.09. The number of carbonyl (C=O) groups excluding carboxylic acids is 2. The van der Waals surface area contributed by atoms with E-state index in [1.807, 2.05) is 30.3 Å². The van der Waals surface area contributed by atoms with Crippen LogP contribution in [-0.4, -0.2) is 49.2 Å². The van der Waals surface area contributed by atoms with Crippen molar-refractivity contribution in [2.24, 2.45) is 0 Å². The summed E-state index contributed by atoms with van der Waals surface area (Å²) in [6, 6.07) is 9.57. The standard InChI is InChI=1S/C19H28N2O4/c1-2-3-14-25-19(23)21-12-9-16(10-13-21)20-18(22)11-15-24-17-7-5-4-6-8-17/h4-8,16H,2-3,9-15H2,1H3,(H,20,22). The van der Waals surface area contributed by atoms with E-state index in [2.05, 4.69) is 12.2 Å². The number of para-hydroxylation sites is 1. The lowest BCUT2D eigenvalue weighted by molar-refractivity contribution is -0.122. The van der Waals surface area contributed by atoms with E-state index < -0.39 is 0 Å². The van der Waals surface area contributed by atoms with Crippen LogP contribution in [0.25, 0.3) is 0 Å². The van der Waals surface area contributed by atoms with Crippen LogP contribution in [0.2, 0.25) is 0 Å². The fraction of sp³-hybridized carbons (Fsp3) is 0.579. The molecule has 138 valence electrons. The van der Waals surface area contributed by atoms with Gasteiger partial charge in [-0.3, -0.25) is 4.79 Å². The van der Waals surface area contributed by atoms with Gasteiger partial charge in [0.25, 0.3) is 0 Å². The molecular formula is C19H28N2O4. The number of hydrogen-bond acceptors (Lipinski definition) is 4. The van der Waals surface area contributed by atoms with Gasteiger partial charge in [0, 0.05) is 19.1 Å². The molecule has 1 fully saturated rings. The Balaban J connectivity index is 1.59. The molecule has 0 atom stereocenters. The number of ether oxygens (including phenoxy) is 2. The van der Waals surface area contributed by atoms with Crippen molar-refractivity contribution in [1.29, 1.82) is 0 Å². The van der Waals surface area contributed by atoms with Gasteiger partial charge in [-0.15, -0.1) is 0 Å². The van der Waals surface area contributed by atoms with Crippen LogP contribution in [-0.2, 0) is 9.53 Å². The highest BCUT2D eigenvalue weighted by Crippen LogP contribution is 2.12. The Morgan fingerprint density at radius 1 is 1.16 bits per heavy atom. The number of unbranched alkanes of at least 4 members (excludes halogenated alkanes) is 1. The highest BCUT2D eigenvalue weighted by molar-refractivity contribution is 5.76. The lowest BCUT2D eigenvalue weighted by Crippen LogP contribution is -2.46. The smallest absolute Gasteiger partial charge is 0.409 e. The Hall–Kier alpha value is -2.24. The number of piperidine rings is 1. The molecular weight excluding hydrogens is 320 g/mol. The van der Waals surface area contributed by atoms with Crippen LogP contribution in [0.4, 0.5) is 4.79 Å². The van der Waals surface area contributed by atoms with Crippen molar-refractivity contribution in [3.63, 3.8) is 0 Å². The normalized spacial score (nSPS) is 14.8. The molecule has 0 aliphatic carbocycles. The molecule has 1 heterocycles. The van der Waals surface area contributed by atoms with Crippen LogP contribution >= 0.6 is 0 Å². The van der Waals surface area contributed by atoms with Gasteiger partial charge in [-0.1, -0.05) is 31.5 Å². The van der Waals surface area contributed by atoms with E-state index in [4.69, 9.17) is 9.47 Å². The molecule has 1 aromatic carbocycles. The van der Waals surface area contributed by atoms with Crippen LogP contribution in [0.3, 0.4) is 0 Å². The van der Waals surface area contributed by atoms with Crippen molar-refractivity contribution in [3.05, 3.63) is 30.3 Å². The minimum Gasteiger partial charge on any atom is -0.493 e. The first kappa shape index (κ1) is 19.1. The van der Waals surface area contributed by atoms with Crippen molar-refractivity contribution in [3.8, 4) is 5.75 Å². The van der Waals surface area contributed by atoms with E-state index in [1.165, 1.54) is 0 Å². The molecule has 0 spiro atoms. The SMILES string of the molecule is CCCCOC(=O)N1CCC(NC(=O)CCOc2ccccc2)CC1. The lowest BCUT2D eigenvalue weighted by atomic mass is 10.1. The Labute approximate surface area is 149 Å². The minimum absolute atomic E-state index is 0.0140. The summed E-state index contributed by atoms with van der Waals surface area (Å²) in [6.07, 6.45) is 3.50. The summed E-state index contributed by atoms with van der Waals surface area (Å²) >= 11 is 0. The van der Waals surface area contributed by atoms with Gasteiger partial charge in [0.1, 0.15) is 5.75 Å². The maximum atomic E-state index is 12.0. The average Bonchev–Trinajstić information content (AvgIpc) is 2.63. The maximum absolute atomic E-state index is 12.0. The predicted octanol–water partition coefficient (Wildman–Crippen LogP) is 2.97. The molecule has 1 N–H and O–H groups in total.